The van der Waals surface area contributed by atoms with Gasteiger partial charge in [0.05, 0.1) is 6.54 Å². The first kappa shape index (κ1) is 14.9. The van der Waals surface area contributed by atoms with Crippen molar-refractivity contribution in [2.45, 2.75) is 19.8 Å². The number of rotatable bonds is 5. The molecule has 1 fully saturated rings. The van der Waals surface area contributed by atoms with Crippen molar-refractivity contribution in [2.75, 3.05) is 18.5 Å². The van der Waals surface area contributed by atoms with Crippen LogP contribution < -0.4 is 15.4 Å². The topological polar surface area (TPSA) is 67.4 Å². The molecule has 1 saturated carbocycles. The Kier molecular flexibility index (Phi) is 5.22. The van der Waals surface area contributed by atoms with Crippen molar-refractivity contribution in [2.24, 2.45) is 5.92 Å². The highest BCUT2D eigenvalue weighted by Gasteiger charge is 2.28. The van der Waals surface area contributed by atoms with E-state index < -0.39 is 0 Å². The van der Waals surface area contributed by atoms with Crippen LogP contribution in [0.25, 0.3) is 0 Å². The standard InChI is InChI=1S/C16H18N2O3/c1-12(19)18-14-5-4-6-15(11-14)21-10-3-2-9-17-16(20)13-7-8-13/h4-6,11,13H,7-10H2,1H3,(H,17,20)(H,18,19). The predicted molar refractivity (Wildman–Crippen MR) is 79.8 cm³/mol. The van der Waals surface area contributed by atoms with Gasteiger partial charge in [0.1, 0.15) is 12.4 Å². The fourth-order valence-corrected chi connectivity index (χ4v) is 1.72. The zero-order chi connectivity index (χ0) is 15.1. The van der Waals surface area contributed by atoms with Crippen molar-refractivity contribution >= 4 is 17.5 Å². The smallest absolute Gasteiger partial charge is 0.223 e. The maximum atomic E-state index is 11.3. The highest BCUT2D eigenvalue weighted by Crippen LogP contribution is 2.28. The van der Waals surface area contributed by atoms with E-state index in [2.05, 4.69) is 22.5 Å². The molecule has 0 radical (unpaired) electrons. The number of amides is 2. The van der Waals surface area contributed by atoms with Gasteiger partial charge in [0, 0.05) is 24.6 Å². The Labute approximate surface area is 124 Å². The molecule has 0 bridgehead atoms. The average Bonchev–Trinajstić information content (AvgIpc) is 3.26. The summed E-state index contributed by atoms with van der Waals surface area (Å²) in [5.74, 6) is 6.48. The number of anilines is 1. The van der Waals surface area contributed by atoms with Gasteiger partial charge in [-0.05, 0) is 25.0 Å². The number of benzene rings is 1. The minimum atomic E-state index is -0.127. The normalized spacial score (nSPS) is 12.8. The third-order valence-corrected chi connectivity index (χ3v) is 2.89. The van der Waals surface area contributed by atoms with Crippen LogP contribution in [-0.4, -0.2) is 25.0 Å². The first-order valence-electron chi connectivity index (χ1n) is 6.89. The Morgan fingerprint density at radius 3 is 2.86 bits per heavy atom. The number of carbonyl (C=O) groups is 2. The Bertz CT molecular complexity index is 583. The van der Waals surface area contributed by atoms with Crippen LogP contribution in [0.2, 0.25) is 0 Å². The zero-order valence-corrected chi connectivity index (χ0v) is 11.9. The molecule has 110 valence electrons. The third-order valence-electron chi connectivity index (χ3n) is 2.89. The summed E-state index contributed by atoms with van der Waals surface area (Å²) >= 11 is 0. The second-order valence-electron chi connectivity index (χ2n) is 4.84. The Morgan fingerprint density at radius 2 is 2.14 bits per heavy atom. The molecule has 1 aliphatic carbocycles. The van der Waals surface area contributed by atoms with Gasteiger partial charge < -0.3 is 15.4 Å². The lowest BCUT2D eigenvalue weighted by atomic mass is 10.3. The fraction of sp³-hybridized carbons (Fsp3) is 0.375. The Morgan fingerprint density at radius 1 is 1.33 bits per heavy atom. The van der Waals surface area contributed by atoms with Crippen molar-refractivity contribution in [3.8, 4) is 17.6 Å². The maximum absolute atomic E-state index is 11.3. The van der Waals surface area contributed by atoms with Crippen molar-refractivity contribution in [3.05, 3.63) is 24.3 Å². The summed E-state index contributed by atoms with van der Waals surface area (Å²) in [4.78, 5) is 22.3. The summed E-state index contributed by atoms with van der Waals surface area (Å²) < 4.78 is 5.46. The first-order chi connectivity index (χ1) is 10.1. The summed E-state index contributed by atoms with van der Waals surface area (Å²) in [6.07, 6.45) is 1.99. The number of ether oxygens (including phenoxy) is 1. The molecule has 0 aromatic heterocycles. The van der Waals surface area contributed by atoms with Crippen molar-refractivity contribution in [1.82, 2.24) is 5.32 Å². The lowest BCUT2D eigenvalue weighted by Gasteiger charge is -2.05. The second-order valence-corrected chi connectivity index (χ2v) is 4.84. The molecule has 0 spiro atoms. The molecule has 1 aromatic rings. The molecule has 21 heavy (non-hydrogen) atoms. The lowest BCUT2D eigenvalue weighted by molar-refractivity contribution is -0.122. The molecule has 2 amide bonds. The molecule has 5 nitrogen and oxygen atoms in total. The molecule has 2 rings (SSSR count). The molecule has 0 unspecified atom stereocenters. The molecule has 0 atom stereocenters. The molecule has 1 aliphatic rings. The van der Waals surface area contributed by atoms with Crippen molar-refractivity contribution in [1.29, 1.82) is 0 Å². The van der Waals surface area contributed by atoms with Crippen LogP contribution in [-0.2, 0) is 9.59 Å². The molecule has 2 N–H and O–H groups in total. The van der Waals surface area contributed by atoms with Gasteiger partial charge in [0.25, 0.3) is 0 Å². The molecule has 5 heteroatoms. The van der Waals surface area contributed by atoms with Gasteiger partial charge in [0.15, 0.2) is 0 Å². The van der Waals surface area contributed by atoms with E-state index in [-0.39, 0.29) is 24.3 Å². The van der Waals surface area contributed by atoms with Gasteiger partial charge in [0.2, 0.25) is 11.8 Å². The number of carbonyl (C=O) groups excluding carboxylic acids is 2. The van der Waals surface area contributed by atoms with Crippen molar-refractivity contribution in [3.63, 3.8) is 0 Å². The fourth-order valence-electron chi connectivity index (χ4n) is 1.72. The van der Waals surface area contributed by atoms with Crippen LogP contribution in [0.15, 0.2) is 24.3 Å². The van der Waals surface area contributed by atoms with Crippen LogP contribution in [0.1, 0.15) is 19.8 Å². The van der Waals surface area contributed by atoms with Gasteiger partial charge in [-0.25, -0.2) is 0 Å². The third kappa shape index (κ3) is 5.57. The Hall–Kier alpha value is -2.48. The van der Waals surface area contributed by atoms with Gasteiger partial charge in [-0.3, -0.25) is 9.59 Å². The highest BCUT2D eigenvalue weighted by atomic mass is 16.5. The first-order valence-corrected chi connectivity index (χ1v) is 6.89. The molecule has 1 aromatic carbocycles. The van der Waals surface area contributed by atoms with E-state index in [1.807, 2.05) is 0 Å². The van der Waals surface area contributed by atoms with Crippen LogP contribution in [0.5, 0.6) is 5.75 Å². The van der Waals surface area contributed by atoms with E-state index >= 15 is 0 Å². The van der Waals surface area contributed by atoms with Crippen LogP contribution in [0.3, 0.4) is 0 Å². The highest BCUT2D eigenvalue weighted by molar-refractivity contribution is 5.88. The van der Waals surface area contributed by atoms with Crippen LogP contribution >= 0.6 is 0 Å². The van der Waals surface area contributed by atoms with E-state index in [0.29, 0.717) is 18.0 Å². The van der Waals surface area contributed by atoms with Gasteiger partial charge in [-0.1, -0.05) is 17.9 Å². The number of hydrogen-bond acceptors (Lipinski definition) is 3. The quantitative estimate of drug-likeness (QED) is 0.807. The van der Waals surface area contributed by atoms with E-state index in [1.165, 1.54) is 6.92 Å². The van der Waals surface area contributed by atoms with E-state index in [4.69, 9.17) is 4.74 Å². The predicted octanol–water partition coefficient (Wildman–Crippen LogP) is 1.55. The summed E-state index contributed by atoms with van der Waals surface area (Å²) in [5, 5.41) is 5.44. The van der Waals surface area contributed by atoms with Crippen LogP contribution in [0, 0.1) is 17.8 Å². The lowest BCUT2D eigenvalue weighted by Crippen LogP contribution is -2.24. The monoisotopic (exact) mass is 286 g/mol. The summed E-state index contributed by atoms with van der Waals surface area (Å²) in [6, 6.07) is 7.11. The van der Waals surface area contributed by atoms with Gasteiger partial charge >= 0.3 is 0 Å². The minimum absolute atomic E-state index is 0.0910. The van der Waals surface area contributed by atoms with E-state index in [9.17, 15) is 9.59 Å². The van der Waals surface area contributed by atoms with Gasteiger partial charge in [-0.2, -0.15) is 0 Å². The summed E-state index contributed by atoms with van der Waals surface area (Å²) in [5.41, 5.74) is 0.685. The number of nitrogens with one attached hydrogen (secondary N) is 2. The summed E-state index contributed by atoms with van der Waals surface area (Å²) in [7, 11) is 0. The van der Waals surface area contributed by atoms with Crippen molar-refractivity contribution < 1.29 is 14.3 Å². The average molecular weight is 286 g/mol. The molecule has 0 aliphatic heterocycles. The Balaban J connectivity index is 1.70. The summed E-state index contributed by atoms with van der Waals surface area (Å²) in [6.45, 7) is 2.04. The maximum Gasteiger partial charge on any atom is 0.223 e. The zero-order valence-electron chi connectivity index (χ0n) is 11.9. The molecular weight excluding hydrogens is 268 g/mol. The van der Waals surface area contributed by atoms with E-state index in [1.54, 1.807) is 24.3 Å². The minimum Gasteiger partial charge on any atom is -0.481 e. The largest absolute Gasteiger partial charge is 0.481 e. The SMILES string of the molecule is CC(=O)Nc1cccc(OCC#CCNC(=O)C2CC2)c1. The van der Waals surface area contributed by atoms with Gasteiger partial charge in [-0.15, -0.1) is 0 Å². The molecular formula is C16H18N2O3. The molecule has 0 saturated heterocycles. The molecule has 0 heterocycles. The second kappa shape index (κ2) is 7.34. The van der Waals surface area contributed by atoms with E-state index in [0.717, 1.165) is 12.8 Å². The van der Waals surface area contributed by atoms with Crippen LogP contribution in [0.4, 0.5) is 5.69 Å². The number of hydrogen-bond donors (Lipinski definition) is 2.